The molecule has 0 unspecified atom stereocenters. The van der Waals surface area contributed by atoms with Crippen LogP contribution < -0.4 is 0 Å². The number of esters is 1. The first-order chi connectivity index (χ1) is 10.7. The second-order valence-corrected chi connectivity index (χ2v) is 7.86. The molecule has 2 aliphatic rings. The second kappa shape index (κ2) is 7.07. The van der Waals surface area contributed by atoms with E-state index >= 15 is 0 Å². The van der Waals surface area contributed by atoms with Crippen molar-refractivity contribution >= 4 is 12.1 Å². The average Bonchev–Trinajstić information content (AvgIpc) is 2.76. The highest BCUT2D eigenvalue weighted by Gasteiger charge is 2.38. The first kappa shape index (κ1) is 18.0. The van der Waals surface area contributed by atoms with E-state index in [0.717, 1.165) is 32.4 Å². The van der Waals surface area contributed by atoms with Crippen molar-refractivity contribution in [3.05, 3.63) is 0 Å². The lowest BCUT2D eigenvalue weighted by molar-refractivity contribution is -0.145. The quantitative estimate of drug-likeness (QED) is 0.745. The van der Waals surface area contributed by atoms with Gasteiger partial charge in [0, 0.05) is 26.6 Å². The fourth-order valence-corrected chi connectivity index (χ4v) is 3.36. The molecule has 2 heterocycles. The van der Waals surface area contributed by atoms with Crippen LogP contribution in [0.1, 0.15) is 47.0 Å². The molecular formula is C17H30N2O4. The van der Waals surface area contributed by atoms with Crippen LogP contribution in [0.2, 0.25) is 0 Å². The number of amides is 1. The number of likely N-dealkylation sites (tertiary alicyclic amines) is 1. The number of piperidine rings is 1. The van der Waals surface area contributed by atoms with Gasteiger partial charge < -0.3 is 14.4 Å². The summed E-state index contributed by atoms with van der Waals surface area (Å²) in [6.45, 7) is 9.97. The van der Waals surface area contributed by atoms with Gasteiger partial charge in [0.2, 0.25) is 0 Å². The van der Waals surface area contributed by atoms with E-state index in [9.17, 15) is 9.59 Å². The Balaban J connectivity index is 1.86. The van der Waals surface area contributed by atoms with Gasteiger partial charge in [0.25, 0.3) is 0 Å². The van der Waals surface area contributed by atoms with Crippen LogP contribution in [-0.4, -0.2) is 66.3 Å². The minimum atomic E-state index is -0.478. The molecule has 23 heavy (non-hydrogen) atoms. The van der Waals surface area contributed by atoms with Crippen LogP contribution in [-0.2, 0) is 14.3 Å². The smallest absolute Gasteiger partial charge is 0.410 e. The first-order valence-corrected chi connectivity index (χ1v) is 8.54. The van der Waals surface area contributed by atoms with Crippen LogP contribution in [0.4, 0.5) is 4.79 Å². The highest BCUT2D eigenvalue weighted by atomic mass is 16.6. The van der Waals surface area contributed by atoms with Gasteiger partial charge in [0.05, 0.1) is 0 Å². The molecule has 3 atom stereocenters. The van der Waals surface area contributed by atoms with E-state index in [-0.39, 0.29) is 24.2 Å². The van der Waals surface area contributed by atoms with Gasteiger partial charge in [-0.05, 0) is 53.0 Å². The summed E-state index contributed by atoms with van der Waals surface area (Å²) in [4.78, 5) is 27.9. The van der Waals surface area contributed by atoms with Crippen molar-refractivity contribution in [3.63, 3.8) is 0 Å². The molecule has 0 bridgehead atoms. The molecule has 2 saturated heterocycles. The number of nitrogens with zero attached hydrogens (tertiary/aromatic N) is 2. The van der Waals surface area contributed by atoms with Crippen LogP contribution in [0.5, 0.6) is 0 Å². The van der Waals surface area contributed by atoms with Crippen molar-refractivity contribution in [1.82, 2.24) is 9.80 Å². The highest BCUT2D eigenvalue weighted by molar-refractivity contribution is 5.78. The SMILES string of the molecule is C[C@@H]1C[C@H](N2CCC[C@@H](CN(C)C(=O)OC(C)(C)C)C2)C(=O)O1. The molecule has 0 radical (unpaired) electrons. The summed E-state index contributed by atoms with van der Waals surface area (Å²) in [5, 5.41) is 0. The molecule has 0 aromatic rings. The van der Waals surface area contributed by atoms with Crippen LogP contribution >= 0.6 is 0 Å². The summed E-state index contributed by atoms with van der Waals surface area (Å²) < 4.78 is 10.7. The molecule has 0 N–H and O–H groups in total. The lowest BCUT2D eigenvalue weighted by Gasteiger charge is -2.36. The zero-order chi connectivity index (χ0) is 17.2. The van der Waals surface area contributed by atoms with E-state index in [4.69, 9.17) is 9.47 Å². The van der Waals surface area contributed by atoms with Gasteiger partial charge in [-0.3, -0.25) is 9.69 Å². The van der Waals surface area contributed by atoms with Crippen LogP contribution in [0.25, 0.3) is 0 Å². The maximum Gasteiger partial charge on any atom is 0.410 e. The van der Waals surface area contributed by atoms with Gasteiger partial charge in [0.1, 0.15) is 17.7 Å². The molecule has 0 spiro atoms. The zero-order valence-electron chi connectivity index (χ0n) is 15.0. The summed E-state index contributed by atoms with van der Waals surface area (Å²) in [5.74, 6) is 0.267. The van der Waals surface area contributed by atoms with Crippen LogP contribution in [0.3, 0.4) is 0 Å². The molecule has 0 aromatic carbocycles. The molecule has 0 aromatic heterocycles. The van der Waals surface area contributed by atoms with Gasteiger partial charge in [-0.25, -0.2) is 4.79 Å². The Morgan fingerprint density at radius 1 is 1.43 bits per heavy atom. The van der Waals surface area contributed by atoms with Crippen molar-refractivity contribution < 1.29 is 19.1 Å². The summed E-state index contributed by atoms with van der Waals surface area (Å²) in [6, 6.07) is -0.111. The van der Waals surface area contributed by atoms with Crippen molar-refractivity contribution in [2.24, 2.45) is 5.92 Å². The molecule has 0 saturated carbocycles. The van der Waals surface area contributed by atoms with Gasteiger partial charge in [-0.2, -0.15) is 0 Å². The fourth-order valence-electron chi connectivity index (χ4n) is 3.36. The molecule has 2 rings (SSSR count). The Morgan fingerprint density at radius 2 is 2.13 bits per heavy atom. The molecule has 2 aliphatic heterocycles. The first-order valence-electron chi connectivity index (χ1n) is 8.54. The summed E-state index contributed by atoms with van der Waals surface area (Å²) in [6.07, 6.45) is 2.61. The van der Waals surface area contributed by atoms with E-state index in [1.54, 1.807) is 11.9 Å². The number of ether oxygens (including phenoxy) is 2. The van der Waals surface area contributed by atoms with Crippen molar-refractivity contribution in [2.45, 2.75) is 64.7 Å². The molecular weight excluding hydrogens is 296 g/mol. The van der Waals surface area contributed by atoms with E-state index in [2.05, 4.69) is 4.90 Å². The average molecular weight is 326 g/mol. The Kier molecular flexibility index (Phi) is 5.55. The summed E-state index contributed by atoms with van der Waals surface area (Å²) in [5.41, 5.74) is -0.478. The largest absolute Gasteiger partial charge is 0.461 e. The molecule has 132 valence electrons. The number of rotatable bonds is 3. The van der Waals surface area contributed by atoms with Crippen molar-refractivity contribution in [3.8, 4) is 0 Å². The van der Waals surface area contributed by atoms with Crippen LogP contribution in [0, 0.1) is 5.92 Å². The highest BCUT2D eigenvalue weighted by Crippen LogP contribution is 2.26. The maximum atomic E-state index is 12.1. The second-order valence-electron chi connectivity index (χ2n) is 7.86. The number of carbonyl (C=O) groups is 2. The minimum absolute atomic E-state index is 0.0114. The molecule has 0 aliphatic carbocycles. The molecule has 2 fully saturated rings. The molecule has 6 nitrogen and oxygen atoms in total. The third-order valence-electron chi connectivity index (χ3n) is 4.37. The lowest BCUT2D eigenvalue weighted by Crippen LogP contribution is -2.48. The van der Waals surface area contributed by atoms with Crippen molar-refractivity contribution in [2.75, 3.05) is 26.7 Å². The van der Waals surface area contributed by atoms with Gasteiger partial charge in [-0.15, -0.1) is 0 Å². The predicted molar refractivity (Wildman–Crippen MR) is 87.1 cm³/mol. The zero-order valence-corrected chi connectivity index (χ0v) is 15.0. The van der Waals surface area contributed by atoms with Gasteiger partial charge >= 0.3 is 12.1 Å². The normalized spacial score (nSPS) is 29.3. The standard InChI is InChI=1S/C17H30N2O4/c1-12-9-14(15(20)22-12)19-8-6-7-13(11-19)10-18(5)16(21)23-17(2,3)4/h12-14H,6-11H2,1-5H3/t12-,13+,14+/m1/s1. The number of hydrogen-bond acceptors (Lipinski definition) is 5. The summed E-state index contributed by atoms with van der Waals surface area (Å²) >= 11 is 0. The third kappa shape index (κ3) is 5.09. The monoisotopic (exact) mass is 326 g/mol. The number of hydrogen-bond donors (Lipinski definition) is 0. The minimum Gasteiger partial charge on any atom is -0.461 e. The Morgan fingerprint density at radius 3 is 2.70 bits per heavy atom. The number of cyclic esters (lactones) is 1. The van der Waals surface area contributed by atoms with Gasteiger partial charge in [-0.1, -0.05) is 0 Å². The fraction of sp³-hybridized carbons (Fsp3) is 0.882. The van der Waals surface area contributed by atoms with Crippen molar-refractivity contribution in [1.29, 1.82) is 0 Å². The van der Waals surface area contributed by atoms with E-state index in [1.807, 2.05) is 27.7 Å². The predicted octanol–water partition coefficient (Wildman–Crippen LogP) is 2.27. The summed E-state index contributed by atoms with van der Waals surface area (Å²) in [7, 11) is 1.78. The third-order valence-corrected chi connectivity index (χ3v) is 4.37. The van der Waals surface area contributed by atoms with E-state index in [0.29, 0.717) is 12.5 Å². The van der Waals surface area contributed by atoms with Gasteiger partial charge in [0.15, 0.2) is 0 Å². The van der Waals surface area contributed by atoms with E-state index < -0.39 is 5.60 Å². The molecule has 1 amide bonds. The Hall–Kier alpha value is -1.30. The van der Waals surface area contributed by atoms with E-state index in [1.165, 1.54) is 0 Å². The molecule has 6 heteroatoms. The Labute approximate surface area is 139 Å². The van der Waals surface area contributed by atoms with Crippen LogP contribution in [0.15, 0.2) is 0 Å². The lowest BCUT2D eigenvalue weighted by atomic mass is 9.95. The number of carbonyl (C=O) groups excluding carboxylic acids is 2. The topological polar surface area (TPSA) is 59.1 Å². The maximum absolute atomic E-state index is 12.1. The Bertz CT molecular complexity index is 446.